The Morgan fingerprint density at radius 3 is 1.17 bits per heavy atom. The molecule has 1 nitrogen and oxygen atoms in total. The van der Waals surface area contributed by atoms with Crippen molar-refractivity contribution in [2.24, 2.45) is 0 Å². The van der Waals surface area contributed by atoms with Gasteiger partial charge in [0.2, 0.25) is 0 Å². The van der Waals surface area contributed by atoms with E-state index in [0.29, 0.717) is 0 Å². The van der Waals surface area contributed by atoms with Crippen LogP contribution in [-0.2, 0) is 10.8 Å². The molecule has 0 saturated carbocycles. The monoisotopic (exact) mass is 907 g/mol. The first kappa shape index (κ1) is 40.5. The van der Waals surface area contributed by atoms with Crippen molar-refractivity contribution in [2.45, 2.75) is 10.8 Å². The van der Waals surface area contributed by atoms with E-state index in [1.54, 1.807) is 0 Å². The summed E-state index contributed by atoms with van der Waals surface area (Å²) in [7, 11) is 0. The van der Waals surface area contributed by atoms with Crippen molar-refractivity contribution in [1.82, 2.24) is 0 Å². The molecule has 328 valence electrons. The predicted octanol–water partition coefficient (Wildman–Crippen LogP) is 17.9. The molecule has 2 aliphatic carbocycles. The van der Waals surface area contributed by atoms with Gasteiger partial charge in [-0.25, -0.2) is 0 Å². The molecule has 0 aliphatic heterocycles. The highest BCUT2D eigenvalue weighted by molar-refractivity contribution is 7.26. The Balaban J connectivity index is 1.07. The summed E-state index contributed by atoms with van der Waals surface area (Å²) in [6.07, 6.45) is 0. The third-order valence-corrected chi connectivity index (χ3v) is 16.5. The summed E-state index contributed by atoms with van der Waals surface area (Å²) in [6.45, 7) is 0. The van der Waals surface area contributed by atoms with Crippen LogP contribution in [-0.4, -0.2) is 0 Å². The summed E-state index contributed by atoms with van der Waals surface area (Å²) < 4.78 is 2.63. The summed E-state index contributed by atoms with van der Waals surface area (Å²) in [6, 6.07) is 102. The first-order chi connectivity index (χ1) is 34.8. The van der Waals surface area contributed by atoms with Crippen molar-refractivity contribution in [1.29, 1.82) is 0 Å². The number of thiophene rings is 1. The fourth-order valence-electron chi connectivity index (χ4n) is 12.5. The van der Waals surface area contributed by atoms with Crippen molar-refractivity contribution in [3.63, 3.8) is 0 Å². The number of rotatable bonds is 8. The molecule has 0 bridgehead atoms. The normalized spacial score (nSPS) is 13.7. The molecule has 0 N–H and O–H groups in total. The van der Waals surface area contributed by atoms with Gasteiger partial charge in [0.05, 0.1) is 22.2 Å². The van der Waals surface area contributed by atoms with E-state index in [1.807, 2.05) is 11.3 Å². The summed E-state index contributed by atoms with van der Waals surface area (Å²) in [4.78, 5) is 2.58. The number of fused-ring (bicyclic) bond motifs is 9. The third-order valence-electron chi connectivity index (χ3n) is 15.2. The highest BCUT2D eigenvalue weighted by atomic mass is 32.1. The first-order valence-corrected chi connectivity index (χ1v) is 25.1. The second-order valence-electron chi connectivity index (χ2n) is 18.6. The number of hydrogen-bond acceptors (Lipinski definition) is 2. The fourth-order valence-corrected chi connectivity index (χ4v) is 13.7. The van der Waals surface area contributed by atoms with Crippen LogP contribution >= 0.6 is 11.3 Å². The maximum atomic E-state index is 2.58. The van der Waals surface area contributed by atoms with Gasteiger partial charge in [-0.3, -0.25) is 0 Å². The zero-order chi connectivity index (χ0) is 46.2. The minimum atomic E-state index is -0.552. The maximum absolute atomic E-state index is 2.58. The SMILES string of the molecule is c1ccc(C2(c3ccccc3)c3ccccc3-c3c(N(c4ccc(-c5cccc6c5sc5ccccc56)cc4)c4cccc5c4-c4ccccc4C5(c4ccccc4)c4ccccc4)cccc32)cc1. The van der Waals surface area contributed by atoms with Gasteiger partial charge >= 0.3 is 0 Å². The Bertz CT molecular complexity index is 3670. The lowest BCUT2D eigenvalue weighted by molar-refractivity contribution is 0.768. The van der Waals surface area contributed by atoms with Gasteiger partial charge in [0.25, 0.3) is 0 Å². The van der Waals surface area contributed by atoms with E-state index in [4.69, 9.17) is 0 Å². The number of hydrogen-bond donors (Lipinski definition) is 0. The maximum Gasteiger partial charge on any atom is 0.0714 e. The van der Waals surface area contributed by atoms with Crippen LogP contribution in [0.15, 0.2) is 273 Å². The zero-order valence-electron chi connectivity index (χ0n) is 38.3. The van der Waals surface area contributed by atoms with Gasteiger partial charge in [0.1, 0.15) is 0 Å². The molecule has 12 aromatic rings. The topological polar surface area (TPSA) is 3.24 Å². The van der Waals surface area contributed by atoms with Gasteiger partial charge in [-0.1, -0.05) is 243 Å². The predicted molar refractivity (Wildman–Crippen MR) is 294 cm³/mol. The molecule has 70 heavy (non-hydrogen) atoms. The number of benzene rings is 11. The van der Waals surface area contributed by atoms with Gasteiger partial charge in [0, 0.05) is 37.0 Å². The molecule has 2 heteroatoms. The molecule has 0 spiro atoms. The van der Waals surface area contributed by atoms with E-state index in [0.717, 1.165) is 17.1 Å². The summed E-state index contributed by atoms with van der Waals surface area (Å²) in [5.41, 5.74) is 19.8. The lowest BCUT2D eigenvalue weighted by Crippen LogP contribution is -2.28. The van der Waals surface area contributed by atoms with Gasteiger partial charge in [0.15, 0.2) is 0 Å². The molecule has 0 radical (unpaired) electrons. The molecular formula is C68H45NS. The minimum absolute atomic E-state index is 0.552. The van der Waals surface area contributed by atoms with E-state index in [9.17, 15) is 0 Å². The van der Waals surface area contributed by atoms with Crippen LogP contribution < -0.4 is 4.90 Å². The van der Waals surface area contributed by atoms with Crippen LogP contribution in [0.4, 0.5) is 17.1 Å². The fraction of sp³-hybridized carbons (Fsp3) is 0.0294. The molecule has 1 aromatic heterocycles. The molecule has 14 rings (SSSR count). The summed E-state index contributed by atoms with van der Waals surface area (Å²) >= 11 is 1.88. The van der Waals surface area contributed by atoms with Crippen LogP contribution in [0.25, 0.3) is 53.6 Å². The van der Waals surface area contributed by atoms with E-state index < -0.39 is 10.8 Å². The Morgan fingerprint density at radius 2 is 0.671 bits per heavy atom. The van der Waals surface area contributed by atoms with Gasteiger partial charge in [-0.2, -0.15) is 0 Å². The summed E-state index contributed by atoms with van der Waals surface area (Å²) in [5, 5.41) is 2.62. The molecule has 1 heterocycles. The van der Waals surface area contributed by atoms with Crippen molar-refractivity contribution in [3.05, 3.63) is 317 Å². The smallest absolute Gasteiger partial charge is 0.0714 e. The quantitative estimate of drug-likeness (QED) is 0.147. The minimum Gasteiger partial charge on any atom is -0.309 e. The molecular weight excluding hydrogens is 863 g/mol. The Kier molecular flexibility index (Phi) is 9.27. The van der Waals surface area contributed by atoms with Crippen molar-refractivity contribution in [3.8, 4) is 33.4 Å². The number of anilines is 3. The van der Waals surface area contributed by atoms with Crippen LogP contribution in [0.5, 0.6) is 0 Å². The average Bonchev–Trinajstić information content (AvgIpc) is 4.09. The van der Waals surface area contributed by atoms with Crippen molar-refractivity contribution < 1.29 is 0 Å². The standard InChI is InChI=1S/C68H45NS/c1-5-22-47(23-6-1)67(48-24-7-2-8-25-48)57-35-16-13-31-55(57)64-59(67)37-20-39-61(64)69(51-44-42-46(43-45-51)52-33-19-34-54-53-30-15-18-41-63(53)70-66(52)54)62-40-21-38-60-65(62)56-32-14-17-36-58(56)68(60,49-26-9-3-10-27-49)50-28-11-4-12-29-50/h1-45H. The van der Waals surface area contributed by atoms with E-state index in [-0.39, 0.29) is 0 Å². The van der Waals surface area contributed by atoms with Crippen LogP contribution in [0.1, 0.15) is 44.5 Å². The highest BCUT2D eigenvalue weighted by Crippen LogP contribution is 2.63. The van der Waals surface area contributed by atoms with Crippen LogP contribution in [0.2, 0.25) is 0 Å². The Labute approximate surface area is 412 Å². The van der Waals surface area contributed by atoms with Crippen LogP contribution in [0, 0.1) is 0 Å². The first-order valence-electron chi connectivity index (χ1n) is 24.3. The number of nitrogens with zero attached hydrogens (tertiary/aromatic N) is 1. The van der Waals surface area contributed by atoms with E-state index in [1.165, 1.54) is 98.1 Å². The molecule has 2 aliphatic rings. The van der Waals surface area contributed by atoms with E-state index in [2.05, 4.69) is 278 Å². The van der Waals surface area contributed by atoms with Gasteiger partial charge in [-0.15, -0.1) is 11.3 Å². The molecule has 0 saturated heterocycles. The second kappa shape index (κ2) is 16.0. The molecule has 0 unspecified atom stereocenters. The van der Waals surface area contributed by atoms with Crippen LogP contribution in [0.3, 0.4) is 0 Å². The molecule has 11 aromatic carbocycles. The summed E-state index contributed by atoms with van der Waals surface area (Å²) in [5.74, 6) is 0. The Morgan fingerprint density at radius 1 is 0.286 bits per heavy atom. The van der Waals surface area contributed by atoms with E-state index >= 15 is 0 Å². The lowest BCUT2D eigenvalue weighted by Gasteiger charge is -2.35. The molecule has 0 atom stereocenters. The third kappa shape index (κ3) is 5.72. The average molecular weight is 908 g/mol. The molecule has 0 amide bonds. The van der Waals surface area contributed by atoms with Gasteiger partial charge < -0.3 is 4.90 Å². The van der Waals surface area contributed by atoms with Crippen molar-refractivity contribution >= 4 is 48.6 Å². The van der Waals surface area contributed by atoms with Gasteiger partial charge in [-0.05, 0) is 97.1 Å². The molecule has 0 fully saturated rings. The Hall–Kier alpha value is -8.56. The lowest BCUT2D eigenvalue weighted by atomic mass is 9.67. The zero-order valence-corrected chi connectivity index (χ0v) is 39.2. The highest BCUT2D eigenvalue weighted by Gasteiger charge is 2.49. The van der Waals surface area contributed by atoms with Crippen molar-refractivity contribution in [2.75, 3.05) is 4.90 Å². The second-order valence-corrected chi connectivity index (χ2v) is 19.7. The largest absolute Gasteiger partial charge is 0.309 e.